The summed E-state index contributed by atoms with van der Waals surface area (Å²) in [5.41, 5.74) is 1.93. The van der Waals surface area contributed by atoms with Crippen molar-refractivity contribution in [2.24, 2.45) is 0 Å². The van der Waals surface area contributed by atoms with Crippen LogP contribution in [0.2, 0.25) is 0 Å². The van der Waals surface area contributed by atoms with Crippen LogP contribution < -0.4 is 15.2 Å². The minimum absolute atomic E-state index is 0.0498. The molecule has 0 spiro atoms. The maximum absolute atomic E-state index is 12.3. The fourth-order valence-electron chi connectivity index (χ4n) is 4.16. The Balaban J connectivity index is 1.46. The van der Waals surface area contributed by atoms with Crippen molar-refractivity contribution >= 4 is 5.95 Å². The summed E-state index contributed by atoms with van der Waals surface area (Å²) in [5.74, 6) is 1.02. The Morgan fingerprint density at radius 1 is 1.14 bits per heavy atom. The summed E-state index contributed by atoms with van der Waals surface area (Å²) in [6, 6.07) is 2.07. The van der Waals surface area contributed by atoms with Gasteiger partial charge in [-0.25, -0.2) is 15.0 Å². The number of piperidine rings is 2. The van der Waals surface area contributed by atoms with Gasteiger partial charge < -0.3 is 9.64 Å². The van der Waals surface area contributed by atoms with E-state index in [9.17, 15) is 4.79 Å². The minimum Gasteiger partial charge on any atom is -0.467 e. The second-order valence-corrected chi connectivity index (χ2v) is 7.69. The molecule has 150 valence electrons. The molecule has 1 unspecified atom stereocenters. The number of nitrogens with one attached hydrogen (secondary N) is 1. The second kappa shape index (κ2) is 8.68. The van der Waals surface area contributed by atoms with Gasteiger partial charge in [-0.2, -0.15) is 0 Å². The molecule has 4 rings (SSSR count). The van der Waals surface area contributed by atoms with Crippen molar-refractivity contribution in [1.82, 2.24) is 24.8 Å². The first-order valence-electron chi connectivity index (χ1n) is 10.1. The molecule has 0 bridgehead atoms. The summed E-state index contributed by atoms with van der Waals surface area (Å²) in [5, 5.41) is 0. The van der Waals surface area contributed by atoms with Gasteiger partial charge in [0.1, 0.15) is 0 Å². The molecule has 0 amide bonds. The Kier molecular flexibility index (Phi) is 5.85. The summed E-state index contributed by atoms with van der Waals surface area (Å²) in [6.45, 7) is 4.66. The fraction of sp³-hybridized carbons (Fsp3) is 0.600. The molecule has 1 N–H and O–H groups in total. The molecule has 0 aliphatic carbocycles. The molecule has 4 heterocycles. The lowest BCUT2D eigenvalue weighted by atomic mass is 9.94. The van der Waals surface area contributed by atoms with Gasteiger partial charge >= 0.3 is 6.01 Å². The average molecular weight is 384 g/mol. The van der Waals surface area contributed by atoms with Crippen molar-refractivity contribution in [2.75, 3.05) is 38.2 Å². The largest absolute Gasteiger partial charge is 0.467 e. The SMILES string of the molecule is COc1ncc(CN2CCCC(c3cc(=O)[nH]c(N4CCCCC4)n3)C2)cn1. The number of hydrogen-bond donors (Lipinski definition) is 1. The van der Waals surface area contributed by atoms with Crippen molar-refractivity contribution in [3.05, 3.63) is 40.1 Å². The lowest BCUT2D eigenvalue weighted by molar-refractivity contribution is 0.198. The number of rotatable bonds is 5. The van der Waals surface area contributed by atoms with Crippen LogP contribution in [0.25, 0.3) is 0 Å². The Labute approximate surface area is 165 Å². The van der Waals surface area contributed by atoms with E-state index < -0.39 is 0 Å². The van der Waals surface area contributed by atoms with Crippen LogP contribution in [0.15, 0.2) is 23.3 Å². The fourth-order valence-corrected chi connectivity index (χ4v) is 4.16. The molecule has 8 nitrogen and oxygen atoms in total. The number of likely N-dealkylation sites (tertiary alicyclic amines) is 1. The van der Waals surface area contributed by atoms with Gasteiger partial charge in [0.15, 0.2) is 0 Å². The van der Waals surface area contributed by atoms with Crippen LogP contribution >= 0.6 is 0 Å². The second-order valence-electron chi connectivity index (χ2n) is 7.69. The highest BCUT2D eigenvalue weighted by Gasteiger charge is 2.24. The first-order chi connectivity index (χ1) is 13.7. The molecule has 2 aliphatic heterocycles. The summed E-state index contributed by atoms with van der Waals surface area (Å²) in [6.07, 6.45) is 9.36. The molecule has 2 aliphatic rings. The quantitative estimate of drug-likeness (QED) is 0.843. The summed E-state index contributed by atoms with van der Waals surface area (Å²) < 4.78 is 5.03. The maximum atomic E-state index is 12.3. The van der Waals surface area contributed by atoms with Crippen LogP contribution in [-0.2, 0) is 6.54 Å². The number of hydrogen-bond acceptors (Lipinski definition) is 7. The molecule has 2 fully saturated rings. The average Bonchev–Trinajstić information content (AvgIpc) is 2.75. The molecule has 0 saturated carbocycles. The molecule has 2 aromatic heterocycles. The van der Waals surface area contributed by atoms with Crippen molar-refractivity contribution in [1.29, 1.82) is 0 Å². The third-order valence-corrected chi connectivity index (χ3v) is 5.60. The number of H-pyrrole nitrogens is 1. The Morgan fingerprint density at radius 2 is 1.93 bits per heavy atom. The van der Waals surface area contributed by atoms with Gasteiger partial charge in [0.05, 0.1) is 12.8 Å². The summed E-state index contributed by atoms with van der Waals surface area (Å²) in [4.78, 5) is 33.0. The van der Waals surface area contributed by atoms with E-state index in [4.69, 9.17) is 9.72 Å². The number of anilines is 1. The number of aromatic nitrogens is 4. The van der Waals surface area contributed by atoms with Gasteiger partial charge in [0, 0.05) is 56.1 Å². The first kappa shape index (κ1) is 18.9. The Morgan fingerprint density at radius 3 is 2.68 bits per heavy atom. The minimum atomic E-state index is -0.0498. The van der Waals surface area contributed by atoms with Crippen molar-refractivity contribution in [2.45, 2.75) is 44.6 Å². The van der Waals surface area contributed by atoms with E-state index >= 15 is 0 Å². The predicted molar refractivity (Wildman–Crippen MR) is 107 cm³/mol. The van der Waals surface area contributed by atoms with Crippen LogP contribution in [0, 0.1) is 0 Å². The Hall–Kier alpha value is -2.48. The van der Waals surface area contributed by atoms with Crippen LogP contribution in [0.3, 0.4) is 0 Å². The monoisotopic (exact) mass is 384 g/mol. The van der Waals surface area contributed by atoms with Gasteiger partial charge in [-0.05, 0) is 38.6 Å². The van der Waals surface area contributed by atoms with E-state index in [2.05, 4.69) is 24.8 Å². The molecule has 0 aromatic carbocycles. The third-order valence-electron chi connectivity index (χ3n) is 5.60. The molecular weight excluding hydrogens is 356 g/mol. The highest BCUT2D eigenvalue weighted by molar-refractivity contribution is 5.31. The van der Waals surface area contributed by atoms with Gasteiger partial charge in [-0.3, -0.25) is 14.7 Å². The van der Waals surface area contributed by atoms with E-state index in [1.165, 1.54) is 6.42 Å². The smallest absolute Gasteiger partial charge is 0.316 e. The van der Waals surface area contributed by atoms with Gasteiger partial charge in [-0.1, -0.05) is 0 Å². The summed E-state index contributed by atoms with van der Waals surface area (Å²) in [7, 11) is 1.57. The molecule has 1 atom stereocenters. The number of ether oxygens (including phenoxy) is 1. The van der Waals surface area contributed by atoms with Crippen molar-refractivity contribution in [3.63, 3.8) is 0 Å². The summed E-state index contributed by atoms with van der Waals surface area (Å²) >= 11 is 0. The molecular formula is C20H28N6O2. The molecule has 8 heteroatoms. The Bertz CT molecular complexity index is 831. The zero-order valence-electron chi connectivity index (χ0n) is 16.4. The normalized spacial score (nSPS) is 20.9. The lowest BCUT2D eigenvalue weighted by Crippen LogP contribution is -2.36. The topological polar surface area (TPSA) is 87.2 Å². The maximum Gasteiger partial charge on any atom is 0.316 e. The van der Waals surface area contributed by atoms with Gasteiger partial charge in [0.2, 0.25) is 5.95 Å². The van der Waals surface area contributed by atoms with Crippen LogP contribution in [-0.4, -0.2) is 58.1 Å². The van der Waals surface area contributed by atoms with E-state index in [1.807, 2.05) is 12.4 Å². The molecule has 2 aromatic rings. The van der Waals surface area contributed by atoms with Crippen LogP contribution in [0.4, 0.5) is 5.95 Å². The highest BCUT2D eigenvalue weighted by atomic mass is 16.5. The van der Waals surface area contributed by atoms with Crippen LogP contribution in [0.5, 0.6) is 6.01 Å². The molecule has 0 radical (unpaired) electrons. The zero-order valence-corrected chi connectivity index (χ0v) is 16.4. The predicted octanol–water partition coefficient (Wildman–Crippen LogP) is 1.94. The van der Waals surface area contributed by atoms with E-state index in [-0.39, 0.29) is 11.5 Å². The number of aromatic amines is 1. The molecule has 28 heavy (non-hydrogen) atoms. The molecule has 2 saturated heterocycles. The standard InChI is InChI=1S/C20H28N6O2/c1-28-20-21-11-15(12-22-20)13-25-7-5-6-16(14-25)17-10-18(27)24-19(23-17)26-8-3-2-4-9-26/h10-12,16H,2-9,13-14H2,1H3,(H,23,24,27). The number of nitrogens with zero attached hydrogens (tertiary/aromatic N) is 5. The van der Waals surface area contributed by atoms with Gasteiger partial charge in [0.25, 0.3) is 5.56 Å². The van der Waals surface area contributed by atoms with Crippen molar-refractivity contribution < 1.29 is 4.74 Å². The zero-order chi connectivity index (χ0) is 19.3. The first-order valence-corrected chi connectivity index (χ1v) is 10.1. The van der Waals surface area contributed by atoms with Gasteiger partial charge in [-0.15, -0.1) is 0 Å². The van der Waals surface area contributed by atoms with Crippen LogP contribution in [0.1, 0.15) is 49.3 Å². The van der Waals surface area contributed by atoms with E-state index in [0.717, 1.165) is 75.6 Å². The number of methoxy groups -OCH3 is 1. The van der Waals surface area contributed by atoms with E-state index in [1.54, 1.807) is 13.2 Å². The highest BCUT2D eigenvalue weighted by Crippen LogP contribution is 2.27. The van der Waals surface area contributed by atoms with E-state index in [0.29, 0.717) is 6.01 Å². The third kappa shape index (κ3) is 4.49. The van der Waals surface area contributed by atoms with Crippen molar-refractivity contribution in [3.8, 4) is 6.01 Å². The lowest BCUT2D eigenvalue weighted by Gasteiger charge is -2.33.